The molecule has 0 aromatic heterocycles. The number of ether oxygens (including phenoxy) is 1. The molecular formula is C13H27N3O3S. The van der Waals surface area contributed by atoms with Crippen molar-refractivity contribution in [3.8, 4) is 0 Å². The van der Waals surface area contributed by atoms with Gasteiger partial charge in [0.15, 0.2) is 0 Å². The Morgan fingerprint density at radius 3 is 2.90 bits per heavy atom. The molecule has 0 radical (unpaired) electrons. The molecule has 3 N–H and O–H groups in total. The standard InChI is InChI=1S/C13H27N3O3S/c1-2-13-12(5-7-19-13)9-15-20(17,18)16-6-3-4-11(8-14)10-16/h11-13,15H,2-10,14H2,1H3. The lowest BCUT2D eigenvalue weighted by Crippen LogP contribution is -2.48. The zero-order valence-corrected chi connectivity index (χ0v) is 13.1. The number of hydrogen-bond acceptors (Lipinski definition) is 4. The van der Waals surface area contributed by atoms with Gasteiger partial charge in [-0.05, 0) is 38.1 Å². The molecule has 2 fully saturated rings. The summed E-state index contributed by atoms with van der Waals surface area (Å²) in [5.41, 5.74) is 5.66. The van der Waals surface area contributed by atoms with Gasteiger partial charge in [-0.3, -0.25) is 0 Å². The minimum atomic E-state index is -3.37. The normalized spacial score (nSPS) is 32.6. The van der Waals surface area contributed by atoms with Gasteiger partial charge in [-0.1, -0.05) is 6.92 Å². The van der Waals surface area contributed by atoms with Crippen LogP contribution in [0, 0.1) is 11.8 Å². The molecule has 0 bridgehead atoms. The average molecular weight is 305 g/mol. The van der Waals surface area contributed by atoms with Crippen molar-refractivity contribution in [2.45, 2.75) is 38.7 Å². The lowest BCUT2D eigenvalue weighted by Gasteiger charge is -2.31. The number of rotatable bonds is 6. The molecule has 2 saturated heterocycles. The second-order valence-electron chi connectivity index (χ2n) is 5.82. The van der Waals surface area contributed by atoms with Crippen molar-refractivity contribution >= 4 is 10.2 Å². The lowest BCUT2D eigenvalue weighted by atomic mass is 10.0. The Morgan fingerprint density at radius 1 is 1.40 bits per heavy atom. The third kappa shape index (κ3) is 3.92. The van der Waals surface area contributed by atoms with Crippen molar-refractivity contribution in [3.63, 3.8) is 0 Å². The maximum Gasteiger partial charge on any atom is 0.279 e. The first-order valence-electron chi connectivity index (χ1n) is 7.63. The van der Waals surface area contributed by atoms with Crippen LogP contribution in [0.2, 0.25) is 0 Å². The van der Waals surface area contributed by atoms with Crippen molar-refractivity contribution in [2.24, 2.45) is 17.6 Å². The quantitative estimate of drug-likeness (QED) is 0.739. The van der Waals surface area contributed by atoms with E-state index in [1.165, 1.54) is 0 Å². The monoisotopic (exact) mass is 305 g/mol. The van der Waals surface area contributed by atoms with Crippen LogP contribution in [0.25, 0.3) is 0 Å². The van der Waals surface area contributed by atoms with Crippen LogP contribution >= 0.6 is 0 Å². The molecule has 2 heterocycles. The highest BCUT2D eigenvalue weighted by atomic mass is 32.2. The van der Waals surface area contributed by atoms with Crippen LogP contribution in [-0.4, -0.2) is 51.6 Å². The average Bonchev–Trinajstić information content (AvgIpc) is 2.93. The highest BCUT2D eigenvalue weighted by Crippen LogP contribution is 2.23. The summed E-state index contributed by atoms with van der Waals surface area (Å²) in [6.07, 6.45) is 3.98. The largest absolute Gasteiger partial charge is 0.378 e. The molecule has 0 amide bonds. The van der Waals surface area contributed by atoms with Gasteiger partial charge < -0.3 is 10.5 Å². The van der Waals surface area contributed by atoms with Crippen LogP contribution in [0.1, 0.15) is 32.6 Å². The fraction of sp³-hybridized carbons (Fsp3) is 1.00. The summed E-state index contributed by atoms with van der Waals surface area (Å²) in [6, 6.07) is 0. The number of nitrogens with zero attached hydrogens (tertiary/aromatic N) is 1. The molecule has 0 aromatic rings. The number of nitrogens with one attached hydrogen (secondary N) is 1. The van der Waals surface area contributed by atoms with E-state index in [2.05, 4.69) is 11.6 Å². The molecule has 3 unspecified atom stereocenters. The van der Waals surface area contributed by atoms with Crippen molar-refractivity contribution < 1.29 is 13.2 Å². The van der Waals surface area contributed by atoms with Gasteiger partial charge in [0, 0.05) is 32.2 Å². The molecule has 2 rings (SSSR count). The summed E-state index contributed by atoms with van der Waals surface area (Å²) in [6.45, 7) is 5.00. The van der Waals surface area contributed by atoms with Gasteiger partial charge in [0.05, 0.1) is 6.10 Å². The SMILES string of the molecule is CCC1OCCC1CNS(=O)(=O)N1CCCC(CN)C1. The van der Waals surface area contributed by atoms with E-state index in [1.54, 1.807) is 4.31 Å². The van der Waals surface area contributed by atoms with Crippen LogP contribution in [0.4, 0.5) is 0 Å². The van der Waals surface area contributed by atoms with Crippen molar-refractivity contribution in [2.75, 3.05) is 32.8 Å². The highest BCUT2D eigenvalue weighted by Gasteiger charge is 2.31. The number of nitrogens with two attached hydrogens (primary N) is 1. The van der Waals surface area contributed by atoms with Crippen molar-refractivity contribution in [3.05, 3.63) is 0 Å². The molecule has 6 nitrogen and oxygen atoms in total. The van der Waals surface area contributed by atoms with Gasteiger partial charge in [0.2, 0.25) is 0 Å². The second-order valence-corrected chi connectivity index (χ2v) is 7.58. The lowest BCUT2D eigenvalue weighted by molar-refractivity contribution is 0.0883. The topological polar surface area (TPSA) is 84.7 Å². The summed E-state index contributed by atoms with van der Waals surface area (Å²) < 4.78 is 34.6. The van der Waals surface area contributed by atoms with Crippen LogP contribution in [0.15, 0.2) is 0 Å². The van der Waals surface area contributed by atoms with E-state index < -0.39 is 10.2 Å². The second kappa shape index (κ2) is 7.17. The molecule has 3 atom stereocenters. The molecule has 20 heavy (non-hydrogen) atoms. The Labute approximate surface area is 122 Å². The molecule has 0 aromatic carbocycles. The molecule has 7 heteroatoms. The molecular weight excluding hydrogens is 278 g/mol. The summed E-state index contributed by atoms with van der Waals surface area (Å²) >= 11 is 0. The van der Waals surface area contributed by atoms with Crippen molar-refractivity contribution in [1.82, 2.24) is 9.03 Å². The third-order valence-electron chi connectivity index (χ3n) is 4.43. The van der Waals surface area contributed by atoms with Crippen LogP contribution in [0.5, 0.6) is 0 Å². The molecule has 2 aliphatic rings. The Hall–Kier alpha value is -0.210. The molecule has 2 aliphatic heterocycles. The molecule has 0 saturated carbocycles. The van der Waals surface area contributed by atoms with Gasteiger partial charge in [-0.2, -0.15) is 12.7 Å². The summed E-state index contributed by atoms with van der Waals surface area (Å²) in [4.78, 5) is 0. The fourth-order valence-electron chi connectivity index (χ4n) is 3.12. The van der Waals surface area contributed by atoms with E-state index in [0.29, 0.717) is 38.0 Å². The minimum absolute atomic E-state index is 0.191. The fourth-order valence-corrected chi connectivity index (χ4v) is 4.50. The predicted octanol–water partition coefficient (Wildman–Crippen LogP) is 0.307. The minimum Gasteiger partial charge on any atom is -0.378 e. The van der Waals surface area contributed by atoms with Gasteiger partial charge in [0.25, 0.3) is 10.2 Å². The predicted molar refractivity (Wildman–Crippen MR) is 78.4 cm³/mol. The highest BCUT2D eigenvalue weighted by molar-refractivity contribution is 7.87. The summed E-state index contributed by atoms with van der Waals surface area (Å²) in [7, 11) is -3.37. The van der Waals surface area contributed by atoms with Gasteiger partial charge >= 0.3 is 0 Å². The van der Waals surface area contributed by atoms with E-state index in [0.717, 1.165) is 32.3 Å². The number of piperidine rings is 1. The molecule has 0 aliphatic carbocycles. The van der Waals surface area contributed by atoms with Crippen LogP contribution < -0.4 is 10.5 Å². The molecule has 0 spiro atoms. The van der Waals surface area contributed by atoms with Crippen LogP contribution in [-0.2, 0) is 14.9 Å². The number of hydrogen-bond donors (Lipinski definition) is 2. The maximum atomic E-state index is 12.3. The summed E-state index contributed by atoms with van der Waals surface area (Å²) in [5.74, 6) is 0.586. The first-order valence-corrected chi connectivity index (χ1v) is 9.07. The maximum absolute atomic E-state index is 12.3. The Morgan fingerprint density at radius 2 is 2.20 bits per heavy atom. The Kier molecular flexibility index (Phi) is 5.80. The van der Waals surface area contributed by atoms with Crippen molar-refractivity contribution in [1.29, 1.82) is 0 Å². The zero-order chi connectivity index (χ0) is 14.6. The van der Waals surface area contributed by atoms with Gasteiger partial charge in [-0.15, -0.1) is 0 Å². The first kappa shape index (κ1) is 16.2. The van der Waals surface area contributed by atoms with E-state index in [-0.39, 0.29) is 6.10 Å². The smallest absolute Gasteiger partial charge is 0.279 e. The van der Waals surface area contributed by atoms with Gasteiger partial charge in [0.1, 0.15) is 0 Å². The van der Waals surface area contributed by atoms with E-state index in [9.17, 15) is 8.42 Å². The molecule has 118 valence electrons. The first-order chi connectivity index (χ1) is 9.56. The van der Waals surface area contributed by atoms with Crippen LogP contribution in [0.3, 0.4) is 0 Å². The van der Waals surface area contributed by atoms with E-state index >= 15 is 0 Å². The van der Waals surface area contributed by atoms with E-state index in [1.807, 2.05) is 0 Å². The van der Waals surface area contributed by atoms with E-state index in [4.69, 9.17) is 10.5 Å². The Bertz CT molecular complexity index is 402. The zero-order valence-electron chi connectivity index (χ0n) is 12.3. The summed E-state index contributed by atoms with van der Waals surface area (Å²) in [5, 5.41) is 0. The Balaban J connectivity index is 1.87. The van der Waals surface area contributed by atoms with Gasteiger partial charge in [-0.25, -0.2) is 4.72 Å². The third-order valence-corrected chi connectivity index (χ3v) is 5.97.